The standard InChI is InChI=1S/C8H13ClN2S/c1-8(2,6-9)12-7-10-4-5-11(7)3/h4-5H,6H2,1-3H3. The molecule has 68 valence electrons. The zero-order valence-electron chi connectivity index (χ0n) is 7.54. The summed E-state index contributed by atoms with van der Waals surface area (Å²) in [6, 6.07) is 0. The second kappa shape index (κ2) is 3.71. The molecule has 1 rings (SSSR count). The van der Waals surface area contributed by atoms with Gasteiger partial charge in [0.2, 0.25) is 0 Å². The second-order valence-corrected chi connectivity index (χ2v) is 5.26. The molecule has 0 atom stereocenters. The Kier molecular flexibility index (Phi) is 3.07. The summed E-state index contributed by atoms with van der Waals surface area (Å²) >= 11 is 7.50. The molecule has 4 heteroatoms. The minimum atomic E-state index is 0.0562. The van der Waals surface area contributed by atoms with Crippen molar-refractivity contribution < 1.29 is 0 Å². The fourth-order valence-electron chi connectivity index (χ4n) is 0.725. The van der Waals surface area contributed by atoms with E-state index in [0.717, 1.165) is 5.16 Å². The Balaban J connectivity index is 2.70. The van der Waals surface area contributed by atoms with E-state index in [4.69, 9.17) is 11.6 Å². The third-order valence-corrected chi connectivity index (χ3v) is 3.57. The Bertz CT molecular complexity index is 257. The number of aromatic nitrogens is 2. The van der Waals surface area contributed by atoms with E-state index in [1.165, 1.54) is 0 Å². The molecule has 0 saturated heterocycles. The molecular formula is C8H13ClN2S. The average Bonchev–Trinajstić information content (AvgIpc) is 2.36. The molecule has 1 aromatic heterocycles. The third-order valence-electron chi connectivity index (χ3n) is 1.47. The van der Waals surface area contributed by atoms with Crippen molar-refractivity contribution in [1.82, 2.24) is 9.55 Å². The minimum absolute atomic E-state index is 0.0562. The van der Waals surface area contributed by atoms with Crippen molar-refractivity contribution in [1.29, 1.82) is 0 Å². The van der Waals surface area contributed by atoms with Crippen molar-refractivity contribution in [2.75, 3.05) is 5.88 Å². The van der Waals surface area contributed by atoms with E-state index in [2.05, 4.69) is 18.8 Å². The Hall–Kier alpha value is -0.150. The first kappa shape index (κ1) is 9.93. The van der Waals surface area contributed by atoms with Gasteiger partial charge in [0.25, 0.3) is 0 Å². The lowest BCUT2D eigenvalue weighted by Crippen LogP contribution is -2.17. The maximum absolute atomic E-state index is 5.80. The molecule has 0 aliphatic heterocycles. The lowest BCUT2D eigenvalue weighted by Gasteiger charge is -2.19. The molecule has 0 aromatic carbocycles. The van der Waals surface area contributed by atoms with E-state index in [0.29, 0.717) is 5.88 Å². The third kappa shape index (κ3) is 2.42. The van der Waals surface area contributed by atoms with Gasteiger partial charge in [0, 0.05) is 30.1 Å². The first-order chi connectivity index (χ1) is 5.55. The maximum atomic E-state index is 5.80. The number of thioether (sulfide) groups is 1. The summed E-state index contributed by atoms with van der Waals surface area (Å²) in [4.78, 5) is 4.22. The van der Waals surface area contributed by atoms with Crippen LogP contribution in [0.3, 0.4) is 0 Å². The van der Waals surface area contributed by atoms with Crippen LogP contribution < -0.4 is 0 Å². The first-order valence-corrected chi connectivity index (χ1v) is 5.12. The van der Waals surface area contributed by atoms with Crippen LogP contribution in [0.5, 0.6) is 0 Å². The van der Waals surface area contributed by atoms with Crippen LogP contribution in [0.4, 0.5) is 0 Å². The highest BCUT2D eigenvalue weighted by Crippen LogP contribution is 2.31. The molecule has 0 amide bonds. The van der Waals surface area contributed by atoms with Crippen LogP contribution in [-0.2, 0) is 7.05 Å². The van der Waals surface area contributed by atoms with Crippen LogP contribution >= 0.6 is 23.4 Å². The zero-order chi connectivity index (χ0) is 9.19. The summed E-state index contributed by atoms with van der Waals surface area (Å²) in [7, 11) is 1.99. The topological polar surface area (TPSA) is 17.8 Å². The van der Waals surface area contributed by atoms with Crippen molar-refractivity contribution in [2.45, 2.75) is 23.8 Å². The summed E-state index contributed by atoms with van der Waals surface area (Å²) in [6.45, 7) is 4.22. The van der Waals surface area contributed by atoms with Crippen molar-refractivity contribution >= 4 is 23.4 Å². The maximum Gasteiger partial charge on any atom is 0.168 e. The largest absolute Gasteiger partial charge is 0.329 e. The van der Waals surface area contributed by atoms with Gasteiger partial charge in [-0.2, -0.15) is 0 Å². The van der Waals surface area contributed by atoms with Gasteiger partial charge in [-0.1, -0.05) is 11.8 Å². The van der Waals surface area contributed by atoms with E-state index < -0.39 is 0 Å². The van der Waals surface area contributed by atoms with Gasteiger partial charge in [-0.05, 0) is 13.8 Å². The van der Waals surface area contributed by atoms with Crippen molar-refractivity contribution in [2.24, 2.45) is 7.05 Å². The molecule has 0 radical (unpaired) electrons. The van der Waals surface area contributed by atoms with Crippen LogP contribution in [-0.4, -0.2) is 20.2 Å². The van der Waals surface area contributed by atoms with Gasteiger partial charge in [-0.25, -0.2) is 4.98 Å². The van der Waals surface area contributed by atoms with Crippen LogP contribution in [0.25, 0.3) is 0 Å². The molecule has 0 aliphatic rings. The van der Waals surface area contributed by atoms with E-state index in [1.807, 2.05) is 17.8 Å². The zero-order valence-corrected chi connectivity index (χ0v) is 9.11. The second-order valence-electron chi connectivity index (χ2n) is 3.32. The van der Waals surface area contributed by atoms with Gasteiger partial charge in [0.1, 0.15) is 0 Å². The fraction of sp³-hybridized carbons (Fsp3) is 0.625. The number of imidazole rings is 1. The highest BCUT2D eigenvalue weighted by Gasteiger charge is 2.19. The SMILES string of the molecule is Cn1ccnc1SC(C)(C)CCl. The van der Waals surface area contributed by atoms with Crippen LogP contribution in [0, 0.1) is 0 Å². The molecule has 0 bridgehead atoms. The quantitative estimate of drug-likeness (QED) is 0.556. The first-order valence-electron chi connectivity index (χ1n) is 3.77. The van der Waals surface area contributed by atoms with E-state index in [1.54, 1.807) is 18.0 Å². The highest BCUT2D eigenvalue weighted by molar-refractivity contribution is 8.00. The number of aryl methyl sites for hydroxylation is 1. The molecule has 0 unspecified atom stereocenters. The fourth-order valence-corrected chi connectivity index (χ4v) is 1.76. The predicted octanol–water partition coefficient (Wildman–Crippen LogP) is 2.53. The Labute approximate surface area is 82.3 Å². The number of alkyl halides is 1. The van der Waals surface area contributed by atoms with Crippen LogP contribution in [0.2, 0.25) is 0 Å². The minimum Gasteiger partial charge on any atom is -0.329 e. The van der Waals surface area contributed by atoms with Gasteiger partial charge in [0.05, 0.1) is 0 Å². The molecule has 1 heterocycles. The van der Waals surface area contributed by atoms with Gasteiger partial charge >= 0.3 is 0 Å². The summed E-state index contributed by atoms with van der Waals surface area (Å²) in [5.41, 5.74) is 0. The molecule has 0 N–H and O–H groups in total. The summed E-state index contributed by atoms with van der Waals surface area (Å²) in [5.74, 6) is 0.629. The van der Waals surface area contributed by atoms with E-state index in [-0.39, 0.29) is 4.75 Å². The number of halogens is 1. The van der Waals surface area contributed by atoms with Crippen molar-refractivity contribution in [3.8, 4) is 0 Å². The number of hydrogen-bond donors (Lipinski definition) is 0. The van der Waals surface area contributed by atoms with Crippen LogP contribution in [0.1, 0.15) is 13.8 Å². The molecule has 12 heavy (non-hydrogen) atoms. The molecule has 0 spiro atoms. The molecule has 0 aliphatic carbocycles. The number of nitrogens with zero attached hydrogens (tertiary/aromatic N) is 2. The van der Waals surface area contributed by atoms with Crippen molar-refractivity contribution in [3.05, 3.63) is 12.4 Å². The molecule has 1 aromatic rings. The Morgan fingerprint density at radius 1 is 1.67 bits per heavy atom. The summed E-state index contributed by atoms with van der Waals surface area (Å²) in [6.07, 6.45) is 3.74. The Morgan fingerprint density at radius 2 is 2.33 bits per heavy atom. The normalized spacial score (nSPS) is 12.0. The van der Waals surface area contributed by atoms with Crippen LogP contribution in [0.15, 0.2) is 17.6 Å². The van der Waals surface area contributed by atoms with Crippen molar-refractivity contribution in [3.63, 3.8) is 0 Å². The molecule has 0 saturated carbocycles. The summed E-state index contributed by atoms with van der Waals surface area (Å²) < 4.78 is 2.06. The monoisotopic (exact) mass is 204 g/mol. The van der Waals surface area contributed by atoms with Gasteiger partial charge in [-0.15, -0.1) is 11.6 Å². The van der Waals surface area contributed by atoms with Gasteiger partial charge < -0.3 is 4.57 Å². The van der Waals surface area contributed by atoms with Gasteiger partial charge in [-0.3, -0.25) is 0 Å². The predicted molar refractivity (Wildman–Crippen MR) is 53.9 cm³/mol. The molecule has 2 nitrogen and oxygen atoms in total. The van der Waals surface area contributed by atoms with E-state index in [9.17, 15) is 0 Å². The average molecular weight is 205 g/mol. The molecular weight excluding hydrogens is 192 g/mol. The lowest BCUT2D eigenvalue weighted by molar-refractivity contribution is 0.757. The Morgan fingerprint density at radius 3 is 2.75 bits per heavy atom. The van der Waals surface area contributed by atoms with E-state index >= 15 is 0 Å². The summed E-state index contributed by atoms with van der Waals surface area (Å²) in [5, 5.41) is 1.01. The highest BCUT2D eigenvalue weighted by atomic mass is 35.5. The smallest absolute Gasteiger partial charge is 0.168 e. The lowest BCUT2D eigenvalue weighted by atomic mass is 10.2. The molecule has 0 fully saturated rings. The number of rotatable bonds is 3. The van der Waals surface area contributed by atoms with Gasteiger partial charge in [0.15, 0.2) is 5.16 Å². The number of hydrogen-bond acceptors (Lipinski definition) is 2.